The van der Waals surface area contributed by atoms with E-state index in [0.29, 0.717) is 5.69 Å². The Labute approximate surface area is 127 Å². The number of benzene rings is 1. The summed E-state index contributed by atoms with van der Waals surface area (Å²) < 4.78 is 24.1. The van der Waals surface area contributed by atoms with Crippen LogP contribution in [0.15, 0.2) is 24.3 Å². The van der Waals surface area contributed by atoms with E-state index in [-0.39, 0.29) is 31.9 Å². The largest absolute Gasteiger partial charge is 0.322 e. The number of nitro benzene ring substituents is 1. The third kappa shape index (κ3) is 3.92. The quantitative estimate of drug-likeness (QED) is 0.648. The molecule has 0 unspecified atom stereocenters. The molecule has 22 heavy (non-hydrogen) atoms. The van der Waals surface area contributed by atoms with E-state index in [1.807, 2.05) is 0 Å². The molecule has 0 aliphatic carbocycles. The van der Waals surface area contributed by atoms with Crippen LogP contribution in [0.5, 0.6) is 0 Å². The highest BCUT2D eigenvalue weighted by Gasteiger charge is 2.26. The maximum atomic E-state index is 12.1. The SMILES string of the molecule is CS(=O)(=O)N1CCN(C(=O)Nc2cccc([N+](=O)[O-])c2)CC1. The molecule has 10 heteroatoms. The van der Waals surface area contributed by atoms with Crippen LogP contribution in [-0.4, -0.2) is 61.0 Å². The number of amides is 2. The van der Waals surface area contributed by atoms with Crippen LogP contribution < -0.4 is 5.32 Å². The summed E-state index contributed by atoms with van der Waals surface area (Å²) in [4.78, 5) is 23.7. The lowest BCUT2D eigenvalue weighted by atomic mass is 10.3. The van der Waals surface area contributed by atoms with Gasteiger partial charge in [0.15, 0.2) is 0 Å². The molecule has 0 bridgehead atoms. The molecule has 2 rings (SSSR count). The van der Waals surface area contributed by atoms with Crippen molar-refractivity contribution in [1.82, 2.24) is 9.21 Å². The van der Waals surface area contributed by atoms with Crippen molar-refractivity contribution in [2.45, 2.75) is 0 Å². The number of carbonyl (C=O) groups excluding carboxylic acids is 1. The minimum atomic E-state index is -3.25. The molecule has 0 atom stereocenters. The first-order chi connectivity index (χ1) is 10.3. The van der Waals surface area contributed by atoms with Gasteiger partial charge in [0.1, 0.15) is 0 Å². The molecule has 1 saturated heterocycles. The first-order valence-electron chi connectivity index (χ1n) is 6.53. The zero-order valence-corrected chi connectivity index (χ0v) is 12.7. The number of anilines is 1. The fraction of sp³-hybridized carbons (Fsp3) is 0.417. The van der Waals surface area contributed by atoms with Gasteiger partial charge in [0, 0.05) is 44.0 Å². The molecule has 1 N–H and O–H groups in total. The molecule has 2 amide bonds. The number of non-ortho nitro benzene ring substituents is 1. The fourth-order valence-corrected chi connectivity index (χ4v) is 2.95. The van der Waals surface area contributed by atoms with Crippen molar-refractivity contribution in [3.05, 3.63) is 34.4 Å². The molecule has 0 saturated carbocycles. The van der Waals surface area contributed by atoms with Crippen molar-refractivity contribution >= 4 is 27.4 Å². The van der Waals surface area contributed by atoms with Gasteiger partial charge in [0.25, 0.3) is 5.69 Å². The Balaban J connectivity index is 1.96. The average molecular weight is 328 g/mol. The van der Waals surface area contributed by atoms with Gasteiger partial charge in [-0.1, -0.05) is 6.07 Å². The van der Waals surface area contributed by atoms with E-state index < -0.39 is 21.0 Å². The predicted molar refractivity (Wildman–Crippen MR) is 80.1 cm³/mol. The van der Waals surface area contributed by atoms with E-state index in [1.165, 1.54) is 27.4 Å². The van der Waals surface area contributed by atoms with Crippen LogP contribution in [0.25, 0.3) is 0 Å². The molecule has 1 heterocycles. The van der Waals surface area contributed by atoms with E-state index in [1.54, 1.807) is 6.07 Å². The lowest BCUT2D eigenvalue weighted by molar-refractivity contribution is -0.384. The van der Waals surface area contributed by atoms with E-state index in [9.17, 15) is 23.3 Å². The van der Waals surface area contributed by atoms with Gasteiger partial charge in [-0.15, -0.1) is 0 Å². The van der Waals surface area contributed by atoms with Gasteiger partial charge in [-0.05, 0) is 6.07 Å². The number of hydrogen-bond acceptors (Lipinski definition) is 5. The van der Waals surface area contributed by atoms with Crippen LogP contribution in [0.4, 0.5) is 16.2 Å². The molecule has 0 spiro atoms. The molecule has 120 valence electrons. The molecule has 0 radical (unpaired) electrons. The van der Waals surface area contributed by atoms with E-state index in [0.717, 1.165) is 6.26 Å². The molecule has 1 aromatic carbocycles. The number of sulfonamides is 1. The van der Waals surface area contributed by atoms with Crippen molar-refractivity contribution in [3.8, 4) is 0 Å². The third-order valence-electron chi connectivity index (χ3n) is 3.30. The van der Waals surface area contributed by atoms with Gasteiger partial charge in [0.2, 0.25) is 10.0 Å². The number of piperazine rings is 1. The van der Waals surface area contributed by atoms with Gasteiger partial charge in [-0.3, -0.25) is 10.1 Å². The van der Waals surface area contributed by atoms with Crippen molar-refractivity contribution in [2.75, 3.05) is 37.8 Å². The summed E-state index contributed by atoms with van der Waals surface area (Å²) in [5, 5.41) is 13.3. The lowest BCUT2D eigenvalue weighted by Crippen LogP contribution is -2.51. The van der Waals surface area contributed by atoms with Crippen LogP contribution in [-0.2, 0) is 10.0 Å². The zero-order valence-electron chi connectivity index (χ0n) is 11.9. The van der Waals surface area contributed by atoms with Crippen LogP contribution in [0, 0.1) is 10.1 Å². The molecule has 1 aromatic rings. The smallest absolute Gasteiger partial charge is 0.321 e. The monoisotopic (exact) mass is 328 g/mol. The summed E-state index contributed by atoms with van der Waals surface area (Å²) in [6.45, 7) is 1.02. The van der Waals surface area contributed by atoms with E-state index in [4.69, 9.17) is 0 Å². The van der Waals surface area contributed by atoms with Crippen molar-refractivity contribution < 1.29 is 18.1 Å². The molecule has 1 fully saturated rings. The second kappa shape index (κ2) is 6.28. The highest BCUT2D eigenvalue weighted by atomic mass is 32.2. The number of carbonyl (C=O) groups is 1. The van der Waals surface area contributed by atoms with Crippen LogP contribution >= 0.6 is 0 Å². The number of rotatable bonds is 3. The van der Waals surface area contributed by atoms with Crippen LogP contribution in [0.3, 0.4) is 0 Å². The minimum absolute atomic E-state index is 0.111. The highest BCUT2D eigenvalue weighted by molar-refractivity contribution is 7.88. The van der Waals surface area contributed by atoms with Crippen molar-refractivity contribution in [3.63, 3.8) is 0 Å². The molecular weight excluding hydrogens is 312 g/mol. The fourth-order valence-electron chi connectivity index (χ4n) is 2.12. The summed E-state index contributed by atoms with van der Waals surface area (Å²) in [6, 6.07) is 5.23. The molecule has 1 aliphatic heterocycles. The van der Waals surface area contributed by atoms with Gasteiger partial charge in [0.05, 0.1) is 11.2 Å². The first kappa shape index (κ1) is 16.2. The van der Waals surface area contributed by atoms with Gasteiger partial charge < -0.3 is 10.2 Å². The molecular formula is C12H16N4O5S. The van der Waals surface area contributed by atoms with Gasteiger partial charge in [-0.2, -0.15) is 4.31 Å². The Morgan fingerprint density at radius 2 is 1.91 bits per heavy atom. The van der Waals surface area contributed by atoms with Crippen molar-refractivity contribution in [2.24, 2.45) is 0 Å². The predicted octanol–water partition coefficient (Wildman–Crippen LogP) is 0.704. The Morgan fingerprint density at radius 3 is 2.45 bits per heavy atom. The number of urea groups is 1. The normalized spacial score (nSPS) is 16.3. The van der Waals surface area contributed by atoms with Crippen molar-refractivity contribution in [1.29, 1.82) is 0 Å². The summed E-state index contributed by atoms with van der Waals surface area (Å²) >= 11 is 0. The second-order valence-electron chi connectivity index (χ2n) is 4.89. The summed E-state index contributed by atoms with van der Waals surface area (Å²) in [6.07, 6.45) is 1.13. The van der Waals surface area contributed by atoms with Gasteiger partial charge >= 0.3 is 6.03 Å². The summed E-state index contributed by atoms with van der Waals surface area (Å²) in [5.41, 5.74) is 0.212. The average Bonchev–Trinajstić information content (AvgIpc) is 2.46. The van der Waals surface area contributed by atoms with Crippen LogP contribution in [0.1, 0.15) is 0 Å². The summed E-state index contributed by atoms with van der Waals surface area (Å²) in [7, 11) is -3.25. The third-order valence-corrected chi connectivity index (χ3v) is 4.61. The zero-order chi connectivity index (χ0) is 16.3. The number of nitrogens with zero attached hydrogens (tertiary/aromatic N) is 3. The first-order valence-corrected chi connectivity index (χ1v) is 8.38. The Kier molecular flexibility index (Phi) is 4.62. The standard InChI is InChI=1S/C12H16N4O5S/c1-22(20,21)15-7-5-14(6-8-15)12(17)13-10-3-2-4-11(9-10)16(18)19/h2-4,9H,5-8H2,1H3,(H,13,17). The molecule has 1 aliphatic rings. The topological polar surface area (TPSA) is 113 Å². The van der Waals surface area contributed by atoms with E-state index >= 15 is 0 Å². The second-order valence-corrected chi connectivity index (χ2v) is 6.87. The van der Waals surface area contributed by atoms with Crippen LogP contribution in [0.2, 0.25) is 0 Å². The molecule has 9 nitrogen and oxygen atoms in total. The minimum Gasteiger partial charge on any atom is -0.322 e. The molecule has 0 aromatic heterocycles. The number of hydrogen-bond donors (Lipinski definition) is 1. The Morgan fingerprint density at radius 1 is 1.27 bits per heavy atom. The lowest BCUT2D eigenvalue weighted by Gasteiger charge is -2.33. The highest BCUT2D eigenvalue weighted by Crippen LogP contribution is 2.17. The number of nitrogens with one attached hydrogen (secondary N) is 1. The van der Waals surface area contributed by atoms with Gasteiger partial charge in [-0.25, -0.2) is 13.2 Å². The van der Waals surface area contributed by atoms with E-state index in [2.05, 4.69) is 5.32 Å². The Bertz CT molecular complexity index is 683. The summed E-state index contributed by atoms with van der Waals surface area (Å²) in [5.74, 6) is 0. The maximum Gasteiger partial charge on any atom is 0.321 e. The maximum absolute atomic E-state index is 12.1. The number of nitro groups is 1. The Hall–Kier alpha value is -2.20.